The molecule has 0 aromatic carbocycles. The van der Waals surface area contributed by atoms with E-state index in [-0.39, 0.29) is 0 Å². The number of hydrogen-bond acceptors (Lipinski definition) is 2. The van der Waals surface area contributed by atoms with Crippen LogP contribution in [0.4, 0.5) is 0 Å². The molecule has 0 aromatic rings. The van der Waals surface area contributed by atoms with E-state index >= 15 is 0 Å². The predicted molar refractivity (Wildman–Crippen MR) is 72.1 cm³/mol. The minimum Gasteiger partial charge on any atom is -0.377 e. The minimum absolute atomic E-state index is 0.474. The van der Waals surface area contributed by atoms with Crippen molar-refractivity contribution in [2.75, 3.05) is 19.7 Å². The summed E-state index contributed by atoms with van der Waals surface area (Å²) >= 11 is 0. The Balaban J connectivity index is 1.63. The standard InChI is InChI=1S/C15H27NO/c1-12-7-13(2)9-14(8-12)10-16-11-15-5-3-4-6-17-15/h7,12,14-16H,3-6,8-11H2,1-2H3. The molecule has 1 aliphatic heterocycles. The molecule has 3 unspecified atom stereocenters. The normalized spacial score (nSPS) is 34.5. The quantitative estimate of drug-likeness (QED) is 0.758. The number of hydrogen-bond donors (Lipinski definition) is 1. The molecule has 0 spiro atoms. The fraction of sp³-hybridized carbons (Fsp3) is 0.867. The zero-order valence-corrected chi connectivity index (χ0v) is 11.4. The van der Waals surface area contributed by atoms with Gasteiger partial charge in [0.25, 0.3) is 0 Å². The summed E-state index contributed by atoms with van der Waals surface area (Å²) in [6, 6.07) is 0. The summed E-state index contributed by atoms with van der Waals surface area (Å²) in [6.45, 7) is 7.78. The zero-order chi connectivity index (χ0) is 12.1. The molecule has 0 radical (unpaired) electrons. The summed E-state index contributed by atoms with van der Waals surface area (Å²) in [7, 11) is 0. The Kier molecular flexibility index (Phi) is 5.05. The van der Waals surface area contributed by atoms with Crippen LogP contribution in [0.5, 0.6) is 0 Å². The minimum atomic E-state index is 0.474. The van der Waals surface area contributed by atoms with E-state index in [4.69, 9.17) is 4.74 Å². The largest absolute Gasteiger partial charge is 0.377 e. The molecule has 1 fully saturated rings. The first-order chi connectivity index (χ1) is 8.24. The number of nitrogens with one attached hydrogen (secondary N) is 1. The third-order valence-electron chi connectivity index (χ3n) is 3.96. The van der Waals surface area contributed by atoms with Crippen LogP contribution in [0.2, 0.25) is 0 Å². The lowest BCUT2D eigenvalue weighted by molar-refractivity contribution is 0.0164. The van der Waals surface area contributed by atoms with Crippen molar-refractivity contribution in [1.29, 1.82) is 0 Å². The molecule has 2 aliphatic rings. The van der Waals surface area contributed by atoms with Crippen molar-refractivity contribution >= 4 is 0 Å². The fourth-order valence-electron chi connectivity index (χ4n) is 3.26. The van der Waals surface area contributed by atoms with Crippen LogP contribution in [-0.2, 0) is 4.74 Å². The summed E-state index contributed by atoms with van der Waals surface area (Å²) in [4.78, 5) is 0. The summed E-state index contributed by atoms with van der Waals surface area (Å²) < 4.78 is 5.74. The van der Waals surface area contributed by atoms with E-state index in [0.717, 1.165) is 31.5 Å². The molecule has 1 saturated heterocycles. The van der Waals surface area contributed by atoms with Gasteiger partial charge >= 0.3 is 0 Å². The fourth-order valence-corrected chi connectivity index (χ4v) is 3.26. The number of allylic oxidation sites excluding steroid dienone is 2. The zero-order valence-electron chi connectivity index (χ0n) is 11.4. The molecular weight excluding hydrogens is 210 g/mol. The Morgan fingerprint density at radius 2 is 2.24 bits per heavy atom. The Bertz CT molecular complexity index is 256. The maximum absolute atomic E-state index is 5.74. The van der Waals surface area contributed by atoms with Gasteiger partial charge in [0, 0.05) is 13.2 Å². The van der Waals surface area contributed by atoms with Gasteiger partial charge in [-0.25, -0.2) is 0 Å². The molecule has 1 aliphatic carbocycles. The second-order valence-corrected chi connectivity index (χ2v) is 5.94. The lowest BCUT2D eigenvalue weighted by atomic mass is 9.84. The van der Waals surface area contributed by atoms with E-state index in [1.165, 1.54) is 32.1 Å². The molecule has 1 heterocycles. The topological polar surface area (TPSA) is 21.3 Å². The van der Waals surface area contributed by atoms with Gasteiger partial charge < -0.3 is 10.1 Å². The second-order valence-electron chi connectivity index (χ2n) is 5.94. The van der Waals surface area contributed by atoms with Gasteiger partial charge in [0.05, 0.1) is 6.10 Å². The van der Waals surface area contributed by atoms with Crippen LogP contribution in [0.1, 0.15) is 46.0 Å². The van der Waals surface area contributed by atoms with E-state index in [1.807, 2.05) is 0 Å². The molecule has 2 heteroatoms. The van der Waals surface area contributed by atoms with Crippen LogP contribution in [-0.4, -0.2) is 25.8 Å². The van der Waals surface area contributed by atoms with Crippen molar-refractivity contribution < 1.29 is 4.74 Å². The van der Waals surface area contributed by atoms with Crippen molar-refractivity contribution in [2.24, 2.45) is 11.8 Å². The van der Waals surface area contributed by atoms with Crippen molar-refractivity contribution in [3.8, 4) is 0 Å². The van der Waals surface area contributed by atoms with Crippen LogP contribution < -0.4 is 5.32 Å². The average Bonchev–Trinajstić information content (AvgIpc) is 2.29. The first kappa shape index (κ1) is 13.1. The third kappa shape index (κ3) is 4.44. The molecule has 3 atom stereocenters. The molecule has 98 valence electrons. The highest BCUT2D eigenvalue weighted by Gasteiger charge is 2.19. The maximum atomic E-state index is 5.74. The third-order valence-corrected chi connectivity index (χ3v) is 3.96. The van der Waals surface area contributed by atoms with E-state index in [2.05, 4.69) is 25.2 Å². The highest BCUT2D eigenvalue weighted by atomic mass is 16.5. The first-order valence-electron chi connectivity index (χ1n) is 7.23. The smallest absolute Gasteiger partial charge is 0.0699 e. The van der Waals surface area contributed by atoms with Crippen molar-refractivity contribution in [3.63, 3.8) is 0 Å². The highest BCUT2D eigenvalue weighted by molar-refractivity contribution is 5.06. The summed E-state index contributed by atoms with van der Waals surface area (Å²) in [5, 5.41) is 3.61. The van der Waals surface area contributed by atoms with Gasteiger partial charge in [0.2, 0.25) is 0 Å². The van der Waals surface area contributed by atoms with E-state index in [1.54, 1.807) is 5.57 Å². The van der Waals surface area contributed by atoms with Gasteiger partial charge in [0.1, 0.15) is 0 Å². The van der Waals surface area contributed by atoms with Crippen LogP contribution in [0, 0.1) is 11.8 Å². The first-order valence-corrected chi connectivity index (χ1v) is 7.23. The van der Waals surface area contributed by atoms with Crippen LogP contribution in [0.3, 0.4) is 0 Å². The summed E-state index contributed by atoms with van der Waals surface area (Å²) in [5.74, 6) is 1.60. The monoisotopic (exact) mass is 237 g/mol. The molecule has 0 bridgehead atoms. The number of ether oxygens (including phenoxy) is 1. The Labute approximate surface area is 106 Å². The van der Waals surface area contributed by atoms with Gasteiger partial charge in [-0.3, -0.25) is 0 Å². The van der Waals surface area contributed by atoms with E-state index in [0.29, 0.717) is 6.10 Å². The molecule has 2 rings (SSSR count). The lowest BCUT2D eigenvalue weighted by Gasteiger charge is -2.27. The molecule has 0 aromatic heterocycles. The molecule has 0 amide bonds. The average molecular weight is 237 g/mol. The number of rotatable bonds is 4. The molecule has 1 N–H and O–H groups in total. The highest BCUT2D eigenvalue weighted by Crippen LogP contribution is 2.27. The van der Waals surface area contributed by atoms with Gasteiger partial charge in [-0.1, -0.05) is 18.6 Å². The van der Waals surface area contributed by atoms with Crippen LogP contribution >= 0.6 is 0 Å². The van der Waals surface area contributed by atoms with E-state index < -0.39 is 0 Å². The van der Waals surface area contributed by atoms with Crippen LogP contribution in [0.15, 0.2) is 11.6 Å². The van der Waals surface area contributed by atoms with Gasteiger partial charge in [-0.2, -0.15) is 0 Å². The Morgan fingerprint density at radius 3 is 2.94 bits per heavy atom. The molecule has 0 saturated carbocycles. The molecule has 2 nitrogen and oxygen atoms in total. The Morgan fingerprint density at radius 1 is 1.35 bits per heavy atom. The SMILES string of the molecule is CC1=CC(C)CC(CNCC2CCCCO2)C1. The molecular formula is C15H27NO. The van der Waals surface area contributed by atoms with Gasteiger partial charge in [0.15, 0.2) is 0 Å². The van der Waals surface area contributed by atoms with Crippen LogP contribution in [0.25, 0.3) is 0 Å². The van der Waals surface area contributed by atoms with Crippen molar-refractivity contribution in [1.82, 2.24) is 5.32 Å². The maximum Gasteiger partial charge on any atom is 0.0699 e. The van der Waals surface area contributed by atoms with Gasteiger partial charge in [-0.15, -0.1) is 0 Å². The summed E-state index contributed by atoms with van der Waals surface area (Å²) in [5.41, 5.74) is 1.57. The van der Waals surface area contributed by atoms with Crippen molar-refractivity contribution in [2.45, 2.75) is 52.1 Å². The van der Waals surface area contributed by atoms with Crippen molar-refractivity contribution in [3.05, 3.63) is 11.6 Å². The predicted octanol–water partition coefficient (Wildman–Crippen LogP) is 3.14. The molecule has 17 heavy (non-hydrogen) atoms. The second kappa shape index (κ2) is 6.55. The Hall–Kier alpha value is -0.340. The van der Waals surface area contributed by atoms with Gasteiger partial charge in [-0.05, 0) is 57.4 Å². The van der Waals surface area contributed by atoms with E-state index in [9.17, 15) is 0 Å². The summed E-state index contributed by atoms with van der Waals surface area (Å²) in [6.07, 6.45) is 9.36. The lowest BCUT2D eigenvalue weighted by Crippen LogP contribution is -2.35.